The van der Waals surface area contributed by atoms with Gasteiger partial charge in [0.05, 0.1) is 10.7 Å². The molecule has 1 unspecified atom stereocenters. The molecule has 3 aromatic rings. The highest BCUT2D eigenvalue weighted by atomic mass is 35.5. The van der Waals surface area contributed by atoms with Crippen LogP contribution >= 0.6 is 11.6 Å². The van der Waals surface area contributed by atoms with Crippen molar-refractivity contribution in [2.45, 2.75) is 19.4 Å². The highest BCUT2D eigenvalue weighted by molar-refractivity contribution is 6.33. The summed E-state index contributed by atoms with van der Waals surface area (Å²) in [6.45, 7) is 1.28. The van der Waals surface area contributed by atoms with Crippen molar-refractivity contribution in [1.29, 1.82) is 0 Å². The van der Waals surface area contributed by atoms with Crippen LogP contribution in [0.25, 0.3) is 11.3 Å². The molecule has 4 rings (SSSR count). The molecule has 0 saturated carbocycles. The van der Waals surface area contributed by atoms with Gasteiger partial charge in [0, 0.05) is 37.3 Å². The lowest BCUT2D eigenvalue weighted by atomic mass is 10.0. The number of aliphatic imine (C=N–C) groups is 1. The molecule has 1 aromatic carbocycles. The van der Waals surface area contributed by atoms with Gasteiger partial charge in [0.1, 0.15) is 17.5 Å². The zero-order valence-electron chi connectivity index (χ0n) is 16.9. The largest absolute Gasteiger partial charge is 0.370 e. The van der Waals surface area contributed by atoms with Crippen molar-refractivity contribution in [1.82, 2.24) is 9.97 Å². The van der Waals surface area contributed by atoms with Crippen LogP contribution in [0.5, 0.6) is 0 Å². The van der Waals surface area contributed by atoms with Gasteiger partial charge in [-0.3, -0.25) is 4.99 Å². The molecule has 1 atom stereocenters. The highest BCUT2D eigenvalue weighted by Crippen LogP contribution is 2.29. The minimum absolute atomic E-state index is 0.253. The average Bonchev–Trinajstić information content (AvgIpc) is 2.80. The fourth-order valence-corrected chi connectivity index (χ4v) is 3.56. The van der Waals surface area contributed by atoms with Gasteiger partial charge in [-0.1, -0.05) is 35.9 Å². The Labute approximate surface area is 186 Å². The van der Waals surface area contributed by atoms with Gasteiger partial charge >= 0.3 is 0 Å². The molecule has 2 N–H and O–H groups in total. The molecule has 2 aromatic heterocycles. The third kappa shape index (κ3) is 5.89. The number of nitrogens with one attached hydrogen (secondary N) is 2. The molecule has 158 valence electrons. The summed E-state index contributed by atoms with van der Waals surface area (Å²) < 4.78 is 13.4. The first-order chi connectivity index (χ1) is 15.2. The smallest absolute Gasteiger partial charge is 0.126 e. The predicted octanol–water partition coefficient (Wildman–Crippen LogP) is 5.95. The molecule has 0 spiro atoms. The lowest BCUT2D eigenvalue weighted by Crippen LogP contribution is -2.10. The summed E-state index contributed by atoms with van der Waals surface area (Å²) in [5, 5.41) is 7.14. The molecule has 0 bridgehead atoms. The van der Waals surface area contributed by atoms with Crippen LogP contribution in [-0.4, -0.2) is 22.7 Å². The minimum Gasteiger partial charge on any atom is -0.370 e. The standard InChI is InChI=1S/C24H23ClFN5/c25-21-16-30-24(28-12-9-17-7-10-27-11-8-17)14-20(21)22-5-2-6-23(31-22)29-15-18-3-1-4-19(26)13-18/h1-7,10-11,13-14,16-17H,8-9,12,15H2,(H,28,30)(H,29,31). The number of aromatic nitrogens is 2. The van der Waals surface area contributed by atoms with Crippen LogP contribution in [0.2, 0.25) is 5.02 Å². The van der Waals surface area contributed by atoms with Crippen LogP contribution < -0.4 is 10.6 Å². The van der Waals surface area contributed by atoms with Crippen LogP contribution in [0, 0.1) is 11.7 Å². The molecule has 0 fully saturated rings. The fraction of sp³-hybridized carbons (Fsp3) is 0.208. The first-order valence-electron chi connectivity index (χ1n) is 10.2. The van der Waals surface area contributed by atoms with Crippen molar-refractivity contribution in [3.8, 4) is 11.3 Å². The molecular formula is C24H23ClFN5. The van der Waals surface area contributed by atoms with Gasteiger partial charge in [-0.2, -0.15) is 0 Å². The molecule has 3 heterocycles. The molecule has 31 heavy (non-hydrogen) atoms. The Morgan fingerprint density at radius 2 is 1.97 bits per heavy atom. The topological polar surface area (TPSA) is 62.2 Å². The SMILES string of the molecule is Fc1cccc(CNc2cccc(-c3cc(NCCC4C=CN=CC4)ncc3Cl)n2)c1. The van der Waals surface area contributed by atoms with Crippen molar-refractivity contribution < 1.29 is 4.39 Å². The third-order valence-corrected chi connectivity index (χ3v) is 5.32. The number of anilines is 2. The van der Waals surface area contributed by atoms with Gasteiger partial charge < -0.3 is 10.6 Å². The second-order valence-electron chi connectivity index (χ2n) is 7.33. The van der Waals surface area contributed by atoms with Gasteiger partial charge in [0.25, 0.3) is 0 Å². The highest BCUT2D eigenvalue weighted by Gasteiger charge is 2.10. The number of halogens is 2. The van der Waals surface area contributed by atoms with E-state index in [4.69, 9.17) is 11.6 Å². The Hall–Kier alpha value is -3.25. The van der Waals surface area contributed by atoms with E-state index >= 15 is 0 Å². The van der Waals surface area contributed by atoms with Crippen LogP contribution in [0.1, 0.15) is 18.4 Å². The molecule has 5 nitrogen and oxygen atoms in total. The lowest BCUT2D eigenvalue weighted by Gasteiger charge is -2.14. The van der Waals surface area contributed by atoms with Gasteiger partial charge in [0.2, 0.25) is 0 Å². The molecular weight excluding hydrogens is 413 g/mol. The summed E-state index contributed by atoms with van der Waals surface area (Å²) >= 11 is 6.41. The Bertz CT molecular complexity index is 1100. The monoisotopic (exact) mass is 435 g/mol. The van der Waals surface area contributed by atoms with Crippen LogP contribution in [0.4, 0.5) is 16.0 Å². The zero-order chi connectivity index (χ0) is 21.5. The van der Waals surface area contributed by atoms with E-state index in [0.29, 0.717) is 23.3 Å². The summed E-state index contributed by atoms with van der Waals surface area (Å²) in [6.07, 6.45) is 9.55. The van der Waals surface area contributed by atoms with Crippen LogP contribution in [0.15, 0.2) is 72.0 Å². The number of nitrogens with zero attached hydrogens (tertiary/aromatic N) is 3. The molecule has 0 radical (unpaired) electrons. The van der Waals surface area contributed by atoms with Crippen molar-refractivity contribution in [3.63, 3.8) is 0 Å². The Kier molecular flexibility index (Phi) is 6.89. The van der Waals surface area contributed by atoms with Crippen molar-refractivity contribution in [2.75, 3.05) is 17.2 Å². The van der Waals surface area contributed by atoms with E-state index in [9.17, 15) is 4.39 Å². The maximum absolute atomic E-state index is 13.4. The summed E-state index contributed by atoms with van der Waals surface area (Å²) in [7, 11) is 0. The second-order valence-corrected chi connectivity index (χ2v) is 7.73. The lowest BCUT2D eigenvalue weighted by molar-refractivity contribution is 0.626. The van der Waals surface area contributed by atoms with E-state index in [1.54, 1.807) is 12.3 Å². The Morgan fingerprint density at radius 1 is 1.06 bits per heavy atom. The summed E-state index contributed by atoms with van der Waals surface area (Å²) in [5.74, 6) is 1.69. The molecule has 1 aliphatic rings. The normalized spacial score (nSPS) is 15.1. The number of hydrogen-bond donors (Lipinski definition) is 2. The van der Waals surface area contributed by atoms with Crippen LogP contribution in [0.3, 0.4) is 0 Å². The van der Waals surface area contributed by atoms with Crippen molar-refractivity contribution >= 4 is 29.5 Å². The number of allylic oxidation sites excluding steroid dienone is 1. The maximum atomic E-state index is 13.4. The summed E-state index contributed by atoms with van der Waals surface area (Å²) in [6, 6.07) is 14.1. The minimum atomic E-state index is -0.253. The first kappa shape index (κ1) is 21.0. The van der Waals surface area contributed by atoms with E-state index < -0.39 is 0 Å². The predicted molar refractivity (Wildman–Crippen MR) is 125 cm³/mol. The summed E-state index contributed by atoms with van der Waals surface area (Å²) in [5.41, 5.74) is 2.39. The molecule has 7 heteroatoms. The molecule has 0 amide bonds. The van der Waals surface area contributed by atoms with Crippen molar-refractivity contribution in [3.05, 3.63) is 83.4 Å². The van der Waals surface area contributed by atoms with Gasteiger partial charge in [-0.15, -0.1) is 0 Å². The third-order valence-electron chi connectivity index (χ3n) is 5.02. The molecule has 0 saturated heterocycles. The molecule has 0 aliphatic carbocycles. The maximum Gasteiger partial charge on any atom is 0.126 e. The second kappa shape index (κ2) is 10.2. The summed E-state index contributed by atoms with van der Waals surface area (Å²) in [4.78, 5) is 13.2. The Balaban J connectivity index is 1.42. The zero-order valence-corrected chi connectivity index (χ0v) is 17.7. The van der Waals surface area contributed by atoms with Crippen molar-refractivity contribution in [2.24, 2.45) is 10.9 Å². The fourth-order valence-electron chi connectivity index (χ4n) is 3.36. The van der Waals surface area contributed by atoms with E-state index in [-0.39, 0.29) is 5.82 Å². The number of hydrogen-bond acceptors (Lipinski definition) is 5. The number of rotatable bonds is 8. The van der Waals surface area contributed by atoms with Crippen LogP contribution in [-0.2, 0) is 6.54 Å². The van der Waals surface area contributed by atoms with E-state index in [2.05, 4.69) is 31.7 Å². The Morgan fingerprint density at radius 3 is 2.81 bits per heavy atom. The van der Waals surface area contributed by atoms with E-state index in [0.717, 1.165) is 42.0 Å². The average molecular weight is 436 g/mol. The van der Waals surface area contributed by atoms with Gasteiger partial charge in [-0.25, -0.2) is 14.4 Å². The molecule has 1 aliphatic heterocycles. The first-order valence-corrected chi connectivity index (χ1v) is 10.6. The van der Waals surface area contributed by atoms with E-state index in [1.807, 2.05) is 42.7 Å². The number of pyridine rings is 2. The van der Waals surface area contributed by atoms with E-state index in [1.165, 1.54) is 12.1 Å². The quantitative estimate of drug-likeness (QED) is 0.458. The van der Waals surface area contributed by atoms with Gasteiger partial charge in [-0.05, 0) is 54.7 Å². The van der Waals surface area contributed by atoms with Gasteiger partial charge in [0.15, 0.2) is 0 Å². The number of benzene rings is 1.